The molecule has 0 atom stereocenters. The second-order valence-corrected chi connectivity index (χ2v) is 7.53. The average Bonchev–Trinajstić information content (AvgIpc) is 3.20. The van der Waals surface area contributed by atoms with Crippen LogP contribution in [0.4, 0.5) is 10.1 Å². The van der Waals surface area contributed by atoms with Gasteiger partial charge in [-0.2, -0.15) is 0 Å². The third-order valence-electron chi connectivity index (χ3n) is 5.10. The first-order valence-corrected chi connectivity index (χ1v) is 9.42. The number of ether oxygens (including phenoxy) is 2. The number of hydrogen-bond donors (Lipinski definition) is 1. The number of benzene rings is 2. The number of rotatable bonds is 3. The number of carbonyl (C=O) groups is 2. The maximum Gasteiger partial charge on any atom is 0.330 e. The summed E-state index contributed by atoms with van der Waals surface area (Å²) in [6, 6.07) is 11.8. The van der Waals surface area contributed by atoms with Crippen LogP contribution in [0.15, 0.2) is 60.4 Å². The summed E-state index contributed by atoms with van der Waals surface area (Å²) in [6.07, 6.45) is 4.89. The minimum atomic E-state index is -0.658. The lowest BCUT2D eigenvalue weighted by molar-refractivity contribution is -0.134. The zero-order valence-corrected chi connectivity index (χ0v) is 16.8. The van der Waals surface area contributed by atoms with Gasteiger partial charge in [0.05, 0.1) is 18.4 Å². The highest BCUT2D eigenvalue weighted by Gasteiger charge is 2.37. The topological polar surface area (TPSA) is 64.6 Å². The number of allylic oxidation sites excluding steroid dienone is 1. The number of fused-ring (bicyclic) bond motifs is 1. The second kappa shape index (κ2) is 7.30. The van der Waals surface area contributed by atoms with E-state index in [1.165, 1.54) is 25.3 Å². The van der Waals surface area contributed by atoms with Crippen LogP contribution in [-0.2, 0) is 19.1 Å². The first-order valence-electron chi connectivity index (χ1n) is 9.42. The number of nitrogens with one attached hydrogen (secondary N) is 1. The Labute approximate surface area is 173 Å². The molecule has 2 heterocycles. The van der Waals surface area contributed by atoms with Crippen LogP contribution in [0.1, 0.15) is 30.5 Å². The van der Waals surface area contributed by atoms with Crippen molar-refractivity contribution in [3.63, 3.8) is 0 Å². The van der Waals surface area contributed by atoms with Crippen LogP contribution in [0.3, 0.4) is 0 Å². The van der Waals surface area contributed by atoms with Crippen molar-refractivity contribution in [1.82, 2.24) is 0 Å². The molecule has 0 aromatic heterocycles. The molecule has 0 unspecified atom stereocenters. The third kappa shape index (κ3) is 3.52. The molecule has 5 nitrogen and oxygen atoms in total. The summed E-state index contributed by atoms with van der Waals surface area (Å²) >= 11 is 0. The summed E-state index contributed by atoms with van der Waals surface area (Å²) in [6.45, 7) is 3.85. The SMILES string of the molecule is COC(=O)/C=C/c1ccc(C2=C/C(=C3\C(=O)Nc4cc(F)ccc43)OC2(C)C)cc1. The molecule has 0 fully saturated rings. The van der Waals surface area contributed by atoms with Gasteiger partial charge in [-0.1, -0.05) is 24.3 Å². The van der Waals surface area contributed by atoms with Gasteiger partial charge in [-0.05, 0) is 55.3 Å². The van der Waals surface area contributed by atoms with E-state index in [-0.39, 0.29) is 5.91 Å². The summed E-state index contributed by atoms with van der Waals surface area (Å²) in [5, 5.41) is 2.69. The van der Waals surface area contributed by atoms with Gasteiger partial charge in [-0.3, -0.25) is 4.79 Å². The van der Waals surface area contributed by atoms with E-state index in [0.29, 0.717) is 22.6 Å². The third-order valence-corrected chi connectivity index (χ3v) is 5.10. The Balaban J connectivity index is 1.71. The van der Waals surface area contributed by atoms with Gasteiger partial charge in [0.25, 0.3) is 5.91 Å². The summed E-state index contributed by atoms with van der Waals surface area (Å²) in [7, 11) is 1.33. The number of anilines is 1. The van der Waals surface area contributed by atoms with Gasteiger partial charge in [0.2, 0.25) is 0 Å². The van der Waals surface area contributed by atoms with E-state index in [1.54, 1.807) is 12.1 Å². The molecule has 2 aliphatic heterocycles. The number of amides is 1. The highest BCUT2D eigenvalue weighted by Crippen LogP contribution is 2.44. The molecule has 0 spiro atoms. The van der Waals surface area contributed by atoms with Crippen molar-refractivity contribution in [2.24, 2.45) is 0 Å². The lowest BCUT2D eigenvalue weighted by atomic mass is 9.91. The fourth-order valence-corrected chi connectivity index (χ4v) is 3.61. The highest BCUT2D eigenvalue weighted by atomic mass is 19.1. The molecule has 0 saturated heterocycles. The Morgan fingerprint density at radius 3 is 2.60 bits per heavy atom. The molecular weight excluding hydrogens is 385 g/mol. The van der Waals surface area contributed by atoms with Crippen molar-refractivity contribution in [2.75, 3.05) is 12.4 Å². The Morgan fingerprint density at radius 2 is 1.90 bits per heavy atom. The monoisotopic (exact) mass is 405 g/mol. The molecule has 4 rings (SSSR count). The number of carbonyl (C=O) groups excluding carboxylic acids is 2. The summed E-state index contributed by atoms with van der Waals surface area (Å²) < 4.78 is 24.2. The molecule has 0 bridgehead atoms. The predicted molar refractivity (Wildman–Crippen MR) is 113 cm³/mol. The standard InChI is InChI=1S/C24H20FNO4/c1-24(2)18(15-7-4-14(5-8-15)6-11-21(27)29-3)13-20(30-24)22-17-10-9-16(25)12-19(17)26-23(22)28/h4-13H,1-3H3,(H,26,28)/b11-6+,22-20+. The molecule has 0 radical (unpaired) electrons. The van der Waals surface area contributed by atoms with E-state index in [0.717, 1.165) is 16.7 Å². The molecule has 0 saturated carbocycles. The highest BCUT2D eigenvalue weighted by molar-refractivity contribution is 6.32. The van der Waals surface area contributed by atoms with Crippen molar-refractivity contribution in [3.8, 4) is 0 Å². The smallest absolute Gasteiger partial charge is 0.330 e. The quantitative estimate of drug-likeness (QED) is 0.600. The molecule has 30 heavy (non-hydrogen) atoms. The molecule has 2 aromatic rings. The van der Waals surface area contributed by atoms with E-state index in [2.05, 4.69) is 10.1 Å². The molecule has 6 heteroatoms. The number of esters is 1. The average molecular weight is 405 g/mol. The van der Waals surface area contributed by atoms with Crippen LogP contribution in [0.25, 0.3) is 17.2 Å². The van der Waals surface area contributed by atoms with Crippen LogP contribution in [0.2, 0.25) is 0 Å². The fraction of sp³-hybridized carbons (Fsp3) is 0.167. The zero-order chi connectivity index (χ0) is 21.5. The molecule has 0 aliphatic carbocycles. The van der Waals surface area contributed by atoms with Gasteiger partial charge in [0.15, 0.2) is 0 Å². The Morgan fingerprint density at radius 1 is 1.17 bits per heavy atom. The zero-order valence-electron chi connectivity index (χ0n) is 16.8. The minimum Gasteiger partial charge on any atom is -0.482 e. The second-order valence-electron chi connectivity index (χ2n) is 7.53. The number of halogens is 1. The van der Waals surface area contributed by atoms with Crippen molar-refractivity contribution >= 4 is 34.8 Å². The van der Waals surface area contributed by atoms with E-state index < -0.39 is 17.4 Å². The van der Waals surface area contributed by atoms with Crippen LogP contribution < -0.4 is 5.32 Å². The lowest BCUT2D eigenvalue weighted by Crippen LogP contribution is -2.21. The van der Waals surface area contributed by atoms with Crippen molar-refractivity contribution in [2.45, 2.75) is 19.4 Å². The molecule has 2 aliphatic rings. The van der Waals surface area contributed by atoms with Gasteiger partial charge < -0.3 is 14.8 Å². The first-order chi connectivity index (χ1) is 14.3. The summed E-state index contributed by atoms with van der Waals surface area (Å²) in [5.74, 6) is -0.696. The Bertz CT molecular complexity index is 1140. The molecule has 2 aromatic carbocycles. The Hall–Kier alpha value is -3.67. The lowest BCUT2D eigenvalue weighted by Gasteiger charge is -2.23. The largest absolute Gasteiger partial charge is 0.482 e. The van der Waals surface area contributed by atoms with Crippen molar-refractivity contribution in [3.05, 3.63) is 82.9 Å². The van der Waals surface area contributed by atoms with Gasteiger partial charge in [0.1, 0.15) is 17.2 Å². The predicted octanol–water partition coefficient (Wildman–Crippen LogP) is 4.57. The van der Waals surface area contributed by atoms with Crippen LogP contribution in [0, 0.1) is 5.82 Å². The van der Waals surface area contributed by atoms with E-state index in [9.17, 15) is 14.0 Å². The van der Waals surface area contributed by atoms with E-state index >= 15 is 0 Å². The maximum atomic E-state index is 13.5. The van der Waals surface area contributed by atoms with Crippen LogP contribution in [0.5, 0.6) is 0 Å². The Kier molecular flexibility index (Phi) is 4.78. The summed E-state index contributed by atoms with van der Waals surface area (Å²) in [5.41, 5.74) is 3.49. The van der Waals surface area contributed by atoms with Gasteiger partial charge in [-0.25, -0.2) is 9.18 Å². The van der Waals surface area contributed by atoms with Gasteiger partial charge in [0, 0.05) is 17.2 Å². The first kappa shape index (κ1) is 19.6. The van der Waals surface area contributed by atoms with Crippen LogP contribution in [-0.4, -0.2) is 24.6 Å². The molecule has 152 valence electrons. The fourth-order valence-electron chi connectivity index (χ4n) is 3.61. The van der Waals surface area contributed by atoms with E-state index in [1.807, 2.05) is 44.2 Å². The molecule has 1 N–H and O–H groups in total. The minimum absolute atomic E-state index is 0.317. The molecule has 1 amide bonds. The van der Waals surface area contributed by atoms with Gasteiger partial charge in [-0.15, -0.1) is 0 Å². The maximum absolute atomic E-state index is 13.5. The van der Waals surface area contributed by atoms with Crippen LogP contribution >= 0.6 is 0 Å². The summed E-state index contributed by atoms with van der Waals surface area (Å²) in [4.78, 5) is 23.8. The van der Waals surface area contributed by atoms with Crippen molar-refractivity contribution in [1.29, 1.82) is 0 Å². The van der Waals surface area contributed by atoms with Crippen molar-refractivity contribution < 1.29 is 23.5 Å². The number of hydrogen-bond acceptors (Lipinski definition) is 4. The normalized spacial score (nSPS) is 19.3. The van der Waals surface area contributed by atoms with E-state index in [4.69, 9.17) is 4.74 Å². The molecular formula is C24H20FNO4. The van der Waals surface area contributed by atoms with Gasteiger partial charge >= 0.3 is 5.97 Å². The number of methoxy groups -OCH3 is 1.